The second-order valence-electron chi connectivity index (χ2n) is 1.65. The van der Waals surface area contributed by atoms with Gasteiger partial charge in [-0.2, -0.15) is 0 Å². The van der Waals surface area contributed by atoms with Crippen molar-refractivity contribution in [3.05, 3.63) is 24.6 Å². The number of carbonyl (C=O) groups is 1. The summed E-state index contributed by atoms with van der Waals surface area (Å²) in [4.78, 5) is 13.9. The van der Waals surface area contributed by atoms with Crippen LogP contribution in [0.1, 0.15) is 6.92 Å². The Kier molecular flexibility index (Phi) is 3.87. The van der Waals surface area contributed by atoms with Gasteiger partial charge in [-0.25, -0.2) is 0 Å². The number of amides is 1. The molecule has 0 saturated carbocycles. The van der Waals surface area contributed by atoms with Gasteiger partial charge in [0, 0.05) is 13.1 Å². The maximum absolute atomic E-state index is 10.4. The normalized spacial score (nSPS) is 10.3. The van der Waals surface area contributed by atoms with E-state index in [0.29, 0.717) is 5.70 Å². The molecule has 0 heterocycles. The van der Waals surface area contributed by atoms with E-state index in [4.69, 9.17) is 0 Å². The minimum Gasteiger partial charge on any atom is -0.325 e. The largest absolute Gasteiger partial charge is 0.325 e. The topological polar surface area (TPSA) is 41.5 Å². The molecule has 0 atom stereocenters. The van der Waals surface area contributed by atoms with Crippen LogP contribution >= 0.6 is 0 Å². The highest BCUT2D eigenvalue weighted by molar-refractivity contribution is 5.75. The van der Waals surface area contributed by atoms with Gasteiger partial charge in [-0.1, -0.05) is 6.58 Å². The van der Waals surface area contributed by atoms with Crippen molar-refractivity contribution in [3.8, 4) is 0 Å². The Morgan fingerprint density at radius 2 is 2.30 bits per heavy atom. The van der Waals surface area contributed by atoms with Crippen LogP contribution in [-0.2, 0) is 4.79 Å². The molecule has 10 heavy (non-hydrogen) atoms. The van der Waals surface area contributed by atoms with E-state index in [1.807, 2.05) is 0 Å². The summed E-state index contributed by atoms with van der Waals surface area (Å²) in [6.07, 6.45) is 2.92. The van der Waals surface area contributed by atoms with Crippen molar-refractivity contribution in [2.24, 2.45) is 4.99 Å². The molecule has 0 fully saturated rings. The van der Waals surface area contributed by atoms with Gasteiger partial charge >= 0.3 is 0 Å². The monoisotopic (exact) mass is 138 g/mol. The summed E-state index contributed by atoms with van der Waals surface area (Å²) in [5.41, 5.74) is 0.558. The van der Waals surface area contributed by atoms with Crippen molar-refractivity contribution in [1.82, 2.24) is 5.32 Å². The summed E-state index contributed by atoms with van der Waals surface area (Å²) in [5, 5.41) is 2.50. The van der Waals surface area contributed by atoms with Crippen LogP contribution in [0.5, 0.6) is 0 Å². The van der Waals surface area contributed by atoms with Crippen LogP contribution in [-0.4, -0.2) is 12.6 Å². The smallest absolute Gasteiger partial charge is 0.221 e. The molecule has 0 aromatic carbocycles. The molecule has 0 aromatic heterocycles. The summed E-state index contributed by atoms with van der Waals surface area (Å²) in [5.74, 6) is -0.144. The number of hydrogen-bond donors (Lipinski definition) is 1. The molecular formula is C7H10N2O. The van der Waals surface area contributed by atoms with Crippen molar-refractivity contribution < 1.29 is 4.79 Å². The second kappa shape index (κ2) is 4.49. The Morgan fingerprint density at radius 3 is 2.60 bits per heavy atom. The van der Waals surface area contributed by atoms with Gasteiger partial charge in [0.15, 0.2) is 0 Å². The molecule has 0 aliphatic rings. The van der Waals surface area contributed by atoms with Crippen molar-refractivity contribution in [1.29, 1.82) is 0 Å². The highest BCUT2D eigenvalue weighted by Crippen LogP contribution is 1.88. The maximum atomic E-state index is 10.4. The quantitative estimate of drug-likeness (QED) is 0.456. The Morgan fingerprint density at radius 1 is 1.70 bits per heavy atom. The molecule has 3 nitrogen and oxygen atoms in total. The molecule has 0 radical (unpaired) electrons. The Labute approximate surface area is 60.2 Å². The third kappa shape index (κ3) is 3.60. The third-order valence-electron chi connectivity index (χ3n) is 0.771. The SMILES string of the molecule is C=C/C(=C\N=C)NC(C)=O. The summed E-state index contributed by atoms with van der Waals surface area (Å²) in [7, 11) is 0. The zero-order chi connectivity index (χ0) is 7.98. The minimum absolute atomic E-state index is 0.144. The lowest BCUT2D eigenvalue weighted by Crippen LogP contribution is -2.17. The van der Waals surface area contributed by atoms with Gasteiger partial charge in [0.25, 0.3) is 0 Å². The lowest BCUT2D eigenvalue weighted by atomic mass is 10.4. The fourth-order valence-electron chi connectivity index (χ4n) is 0.438. The number of nitrogens with zero attached hydrogens (tertiary/aromatic N) is 1. The summed E-state index contributed by atoms with van der Waals surface area (Å²) >= 11 is 0. The van der Waals surface area contributed by atoms with Crippen molar-refractivity contribution in [2.45, 2.75) is 6.92 Å². The molecule has 0 unspecified atom stereocenters. The molecule has 0 aliphatic heterocycles. The predicted molar refractivity (Wildman–Crippen MR) is 41.6 cm³/mol. The average molecular weight is 138 g/mol. The van der Waals surface area contributed by atoms with Crippen LogP contribution in [0, 0.1) is 0 Å². The lowest BCUT2D eigenvalue weighted by Gasteiger charge is -1.98. The second-order valence-corrected chi connectivity index (χ2v) is 1.65. The fourth-order valence-corrected chi connectivity index (χ4v) is 0.438. The third-order valence-corrected chi connectivity index (χ3v) is 0.771. The number of carbonyl (C=O) groups excluding carboxylic acids is 1. The number of nitrogens with one attached hydrogen (secondary N) is 1. The van der Waals surface area contributed by atoms with E-state index in [1.54, 1.807) is 0 Å². The van der Waals surface area contributed by atoms with Gasteiger partial charge in [-0.3, -0.25) is 9.79 Å². The molecule has 54 valence electrons. The van der Waals surface area contributed by atoms with E-state index in [0.717, 1.165) is 0 Å². The number of allylic oxidation sites excluding steroid dienone is 1. The van der Waals surface area contributed by atoms with Crippen molar-refractivity contribution in [3.63, 3.8) is 0 Å². The van der Waals surface area contributed by atoms with E-state index >= 15 is 0 Å². The van der Waals surface area contributed by atoms with E-state index in [1.165, 1.54) is 19.2 Å². The molecule has 0 aromatic rings. The van der Waals surface area contributed by atoms with Gasteiger partial charge in [0.2, 0.25) is 5.91 Å². The first kappa shape index (κ1) is 8.62. The first-order valence-corrected chi connectivity index (χ1v) is 2.76. The lowest BCUT2D eigenvalue weighted by molar-refractivity contribution is -0.118. The Hall–Kier alpha value is -1.38. The summed E-state index contributed by atoms with van der Waals surface area (Å²) in [6.45, 7) is 8.11. The van der Waals surface area contributed by atoms with Gasteiger partial charge in [0.1, 0.15) is 0 Å². The van der Waals surface area contributed by atoms with Gasteiger partial charge in [0.05, 0.1) is 5.70 Å². The van der Waals surface area contributed by atoms with E-state index < -0.39 is 0 Å². The van der Waals surface area contributed by atoms with E-state index in [2.05, 4.69) is 23.6 Å². The molecular weight excluding hydrogens is 128 g/mol. The fraction of sp³-hybridized carbons (Fsp3) is 0.143. The van der Waals surface area contributed by atoms with Crippen LogP contribution in [0.4, 0.5) is 0 Å². The molecule has 0 aliphatic carbocycles. The van der Waals surface area contributed by atoms with Crippen LogP contribution in [0.15, 0.2) is 29.5 Å². The zero-order valence-electron chi connectivity index (χ0n) is 5.92. The number of rotatable bonds is 3. The molecule has 0 spiro atoms. The first-order chi connectivity index (χ1) is 4.70. The molecule has 1 N–H and O–H groups in total. The van der Waals surface area contributed by atoms with Crippen molar-refractivity contribution >= 4 is 12.6 Å². The number of hydrogen-bond acceptors (Lipinski definition) is 2. The minimum atomic E-state index is -0.144. The van der Waals surface area contributed by atoms with Crippen molar-refractivity contribution in [2.75, 3.05) is 0 Å². The van der Waals surface area contributed by atoms with Gasteiger partial charge < -0.3 is 5.32 Å². The van der Waals surface area contributed by atoms with Crippen LogP contribution in [0.3, 0.4) is 0 Å². The highest BCUT2D eigenvalue weighted by Gasteiger charge is 1.91. The average Bonchev–Trinajstić information content (AvgIpc) is 1.86. The highest BCUT2D eigenvalue weighted by atomic mass is 16.1. The van der Waals surface area contributed by atoms with Gasteiger partial charge in [-0.15, -0.1) is 0 Å². The van der Waals surface area contributed by atoms with E-state index in [-0.39, 0.29) is 5.91 Å². The molecule has 0 bridgehead atoms. The predicted octanol–water partition coefficient (Wildman–Crippen LogP) is 0.850. The Bertz CT molecular complexity index is 182. The first-order valence-electron chi connectivity index (χ1n) is 2.76. The Balaban J connectivity index is 4.08. The van der Waals surface area contributed by atoms with Gasteiger partial charge in [-0.05, 0) is 12.8 Å². The molecule has 3 heteroatoms. The van der Waals surface area contributed by atoms with E-state index in [9.17, 15) is 4.79 Å². The van der Waals surface area contributed by atoms with Crippen LogP contribution in [0.2, 0.25) is 0 Å². The van der Waals surface area contributed by atoms with Crippen LogP contribution < -0.4 is 5.32 Å². The molecule has 0 rings (SSSR count). The standard InChI is InChI=1S/C7H10N2O/c1-4-7(5-8-3)9-6(2)10/h4-5H,1,3H2,2H3,(H,9,10)/b7-5+. The number of aliphatic imine (C=N–C) groups is 1. The zero-order valence-corrected chi connectivity index (χ0v) is 5.92. The molecule has 0 saturated heterocycles. The molecule has 1 amide bonds. The maximum Gasteiger partial charge on any atom is 0.221 e. The summed E-state index contributed by atoms with van der Waals surface area (Å²) in [6, 6.07) is 0. The van der Waals surface area contributed by atoms with Crippen LogP contribution in [0.25, 0.3) is 0 Å². The summed E-state index contributed by atoms with van der Waals surface area (Å²) < 4.78 is 0.